The van der Waals surface area contributed by atoms with Crippen molar-refractivity contribution in [3.8, 4) is 17.2 Å². The number of alkyl halides is 3. The molecule has 0 heterocycles. The molecule has 0 N–H and O–H groups in total. The minimum Gasteiger partial charge on any atom is -0.541 e. The molecule has 0 radical (unpaired) electrons. The van der Waals surface area contributed by atoms with Crippen LogP contribution in [0.15, 0.2) is 42.5 Å². The standard InChI is InChI=1S/C15H8ClF3O5/c16-12-7-10(5-6-11(12)13(20)14(21)22)23-8-1-3-9(4-2-8)24-15(17,18)19/h1-7H,(H,21,22)/p-1. The van der Waals surface area contributed by atoms with Gasteiger partial charge in [-0.1, -0.05) is 11.6 Å². The monoisotopic (exact) mass is 359 g/mol. The molecule has 0 bridgehead atoms. The van der Waals surface area contributed by atoms with Crippen LogP contribution >= 0.6 is 11.6 Å². The van der Waals surface area contributed by atoms with Gasteiger partial charge in [0.1, 0.15) is 23.2 Å². The number of carboxylic acids is 1. The molecule has 5 nitrogen and oxygen atoms in total. The molecular formula is C15H7ClF3O5-. The molecule has 0 fully saturated rings. The van der Waals surface area contributed by atoms with Gasteiger partial charge >= 0.3 is 6.36 Å². The SMILES string of the molecule is O=C([O-])C(=O)c1ccc(Oc2ccc(OC(F)(F)F)cc2)cc1Cl. The summed E-state index contributed by atoms with van der Waals surface area (Å²) in [5.74, 6) is -3.26. The van der Waals surface area contributed by atoms with Gasteiger partial charge in [0.15, 0.2) is 0 Å². The predicted octanol–water partition coefficient (Wildman–Crippen LogP) is 2.96. The zero-order valence-corrected chi connectivity index (χ0v) is 12.4. The van der Waals surface area contributed by atoms with Crippen molar-refractivity contribution in [1.29, 1.82) is 0 Å². The fourth-order valence-corrected chi connectivity index (χ4v) is 1.96. The van der Waals surface area contributed by atoms with E-state index in [2.05, 4.69) is 4.74 Å². The van der Waals surface area contributed by atoms with E-state index in [1.165, 1.54) is 24.3 Å². The van der Waals surface area contributed by atoms with Crippen LogP contribution in [0.25, 0.3) is 0 Å². The number of hydrogen-bond donors (Lipinski definition) is 0. The van der Waals surface area contributed by atoms with E-state index in [0.717, 1.165) is 18.2 Å². The van der Waals surface area contributed by atoms with E-state index < -0.39 is 23.9 Å². The lowest BCUT2D eigenvalue weighted by Crippen LogP contribution is -2.31. The fourth-order valence-electron chi connectivity index (χ4n) is 1.70. The third-order valence-electron chi connectivity index (χ3n) is 2.66. The lowest BCUT2D eigenvalue weighted by atomic mass is 10.1. The van der Waals surface area contributed by atoms with E-state index in [-0.39, 0.29) is 22.1 Å². The van der Waals surface area contributed by atoms with Crippen molar-refractivity contribution in [1.82, 2.24) is 0 Å². The van der Waals surface area contributed by atoms with Crippen LogP contribution in [0.5, 0.6) is 17.2 Å². The van der Waals surface area contributed by atoms with Crippen LogP contribution < -0.4 is 14.6 Å². The lowest BCUT2D eigenvalue weighted by Gasteiger charge is -2.11. The van der Waals surface area contributed by atoms with E-state index in [1.54, 1.807) is 0 Å². The van der Waals surface area contributed by atoms with Gasteiger partial charge in [-0.2, -0.15) is 0 Å². The van der Waals surface area contributed by atoms with Crippen molar-refractivity contribution >= 4 is 23.4 Å². The lowest BCUT2D eigenvalue weighted by molar-refractivity contribution is -0.296. The highest BCUT2D eigenvalue weighted by Crippen LogP contribution is 2.29. The Morgan fingerprint density at radius 2 is 1.50 bits per heavy atom. The molecule has 0 aliphatic heterocycles. The summed E-state index contributed by atoms with van der Waals surface area (Å²) in [5, 5.41) is 10.3. The van der Waals surface area contributed by atoms with Crippen LogP contribution in [0, 0.1) is 0 Å². The molecule has 0 saturated carbocycles. The summed E-state index contributed by atoms with van der Waals surface area (Å²) < 4.78 is 45.2. The molecular weight excluding hydrogens is 353 g/mol. The van der Waals surface area contributed by atoms with E-state index in [4.69, 9.17) is 16.3 Å². The highest BCUT2D eigenvalue weighted by molar-refractivity contribution is 6.44. The maximum Gasteiger partial charge on any atom is 0.573 e. The maximum atomic E-state index is 12.1. The fraction of sp³-hybridized carbons (Fsp3) is 0.0667. The average molecular weight is 360 g/mol. The molecule has 0 aliphatic carbocycles. The van der Waals surface area contributed by atoms with Crippen LogP contribution in [0.2, 0.25) is 5.02 Å². The number of ketones is 1. The summed E-state index contributed by atoms with van der Waals surface area (Å²) in [6, 6.07) is 8.18. The van der Waals surface area contributed by atoms with Crippen molar-refractivity contribution in [2.75, 3.05) is 0 Å². The molecule has 0 atom stereocenters. The Labute approximate surface area is 138 Å². The quantitative estimate of drug-likeness (QED) is 0.606. The summed E-state index contributed by atoms with van der Waals surface area (Å²) in [6.07, 6.45) is -4.79. The Hall–Kier alpha value is -2.74. The van der Waals surface area contributed by atoms with Crippen LogP contribution in [0.3, 0.4) is 0 Å². The van der Waals surface area contributed by atoms with Crippen molar-refractivity contribution in [3.63, 3.8) is 0 Å². The van der Waals surface area contributed by atoms with Gasteiger partial charge in [-0.25, -0.2) is 0 Å². The molecule has 0 spiro atoms. The van der Waals surface area contributed by atoms with Gasteiger partial charge in [-0.15, -0.1) is 13.2 Å². The first-order chi connectivity index (χ1) is 11.2. The summed E-state index contributed by atoms with van der Waals surface area (Å²) in [7, 11) is 0. The first kappa shape index (κ1) is 17.6. The van der Waals surface area contributed by atoms with Gasteiger partial charge in [0.25, 0.3) is 0 Å². The molecule has 0 aromatic heterocycles. The minimum atomic E-state index is -4.79. The number of carbonyl (C=O) groups excluding carboxylic acids is 2. The normalized spacial score (nSPS) is 11.0. The molecule has 9 heteroatoms. The molecule has 0 aliphatic rings. The number of ether oxygens (including phenoxy) is 2. The number of benzene rings is 2. The van der Waals surface area contributed by atoms with Gasteiger partial charge in [0.05, 0.1) is 5.02 Å². The van der Waals surface area contributed by atoms with Crippen LogP contribution in [-0.2, 0) is 4.79 Å². The predicted molar refractivity (Wildman–Crippen MR) is 74.0 cm³/mol. The summed E-state index contributed by atoms with van der Waals surface area (Å²) in [6.45, 7) is 0. The van der Waals surface area contributed by atoms with Crippen molar-refractivity contribution in [3.05, 3.63) is 53.1 Å². The Kier molecular flexibility index (Phi) is 4.99. The smallest absolute Gasteiger partial charge is 0.541 e. The van der Waals surface area contributed by atoms with Gasteiger partial charge in [-0.3, -0.25) is 4.79 Å². The number of halogens is 4. The first-order valence-electron chi connectivity index (χ1n) is 6.24. The highest BCUT2D eigenvalue weighted by atomic mass is 35.5. The largest absolute Gasteiger partial charge is 0.573 e. The first-order valence-corrected chi connectivity index (χ1v) is 6.62. The van der Waals surface area contributed by atoms with Crippen LogP contribution in [0.1, 0.15) is 10.4 Å². The third-order valence-corrected chi connectivity index (χ3v) is 2.98. The number of Topliss-reactive ketones (excluding diaryl/α,β-unsaturated/α-hetero) is 1. The molecule has 2 rings (SSSR count). The Bertz CT molecular complexity index is 772. The van der Waals surface area contributed by atoms with Gasteiger partial charge in [0, 0.05) is 11.6 Å². The maximum absolute atomic E-state index is 12.1. The molecule has 2 aromatic carbocycles. The van der Waals surface area contributed by atoms with Crippen molar-refractivity contribution in [2.24, 2.45) is 0 Å². The molecule has 126 valence electrons. The van der Waals surface area contributed by atoms with Gasteiger partial charge in [0.2, 0.25) is 5.78 Å². The summed E-state index contributed by atoms with van der Waals surface area (Å²) >= 11 is 5.80. The number of rotatable bonds is 5. The second-order valence-electron chi connectivity index (χ2n) is 4.38. The van der Waals surface area contributed by atoms with Gasteiger partial charge < -0.3 is 19.4 Å². The minimum absolute atomic E-state index is 0.152. The molecule has 0 amide bonds. The average Bonchev–Trinajstić information content (AvgIpc) is 2.47. The zero-order chi connectivity index (χ0) is 17.9. The third kappa shape index (κ3) is 4.63. The second-order valence-corrected chi connectivity index (χ2v) is 4.79. The Balaban J connectivity index is 2.13. The summed E-state index contributed by atoms with van der Waals surface area (Å²) in [4.78, 5) is 21.8. The van der Waals surface area contributed by atoms with E-state index in [9.17, 15) is 27.9 Å². The molecule has 24 heavy (non-hydrogen) atoms. The van der Waals surface area contributed by atoms with Crippen molar-refractivity contribution < 1.29 is 37.3 Å². The van der Waals surface area contributed by atoms with Crippen LogP contribution in [0.4, 0.5) is 13.2 Å². The van der Waals surface area contributed by atoms with E-state index >= 15 is 0 Å². The number of carbonyl (C=O) groups is 2. The summed E-state index contributed by atoms with van der Waals surface area (Å²) in [5.41, 5.74) is -0.266. The number of aliphatic carboxylic acids is 1. The topological polar surface area (TPSA) is 75.7 Å². The second kappa shape index (κ2) is 6.79. The molecule has 0 saturated heterocycles. The molecule has 0 unspecified atom stereocenters. The highest BCUT2D eigenvalue weighted by Gasteiger charge is 2.30. The zero-order valence-electron chi connectivity index (χ0n) is 11.6. The Morgan fingerprint density at radius 1 is 0.958 bits per heavy atom. The van der Waals surface area contributed by atoms with E-state index in [0.29, 0.717) is 0 Å². The van der Waals surface area contributed by atoms with E-state index in [1.807, 2.05) is 0 Å². The van der Waals surface area contributed by atoms with Crippen molar-refractivity contribution in [2.45, 2.75) is 6.36 Å². The Morgan fingerprint density at radius 3 is 2.00 bits per heavy atom. The van der Waals surface area contributed by atoms with Crippen LogP contribution in [-0.4, -0.2) is 18.1 Å². The molecule has 2 aromatic rings. The number of carboxylic acid groups (broad SMARTS) is 1. The number of hydrogen-bond acceptors (Lipinski definition) is 5. The van der Waals surface area contributed by atoms with Gasteiger partial charge in [-0.05, 0) is 36.4 Å².